The van der Waals surface area contributed by atoms with Crippen LogP contribution in [0.15, 0.2) is 4.42 Å². The first-order valence-corrected chi connectivity index (χ1v) is 5.99. The number of alkyl halides is 1. The molecule has 0 aliphatic carbocycles. The fourth-order valence-corrected chi connectivity index (χ4v) is 1.33. The average molecular weight is 323 g/mol. The first-order valence-electron chi connectivity index (χ1n) is 4.74. The Bertz CT molecular complexity index is 336. The van der Waals surface area contributed by atoms with E-state index in [4.69, 9.17) is 4.42 Å². The Balaban J connectivity index is 2.53. The number of nitrogens with one attached hydrogen (secondary N) is 1. The molecule has 1 amide bonds. The highest BCUT2D eigenvalue weighted by Crippen LogP contribution is 2.12. The average Bonchev–Trinajstić information content (AvgIpc) is 2.50. The van der Waals surface area contributed by atoms with Crippen molar-refractivity contribution in [2.45, 2.75) is 37.2 Å². The van der Waals surface area contributed by atoms with Crippen LogP contribution in [0.1, 0.15) is 38.5 Å². The molecule has 0 saturated heterocycles. The maximum absolute atomic E-state index is 11.4. The minimum Gasteiger partial charge on any atom is -0.424 e. The Morgan fingerprint density at radius 3 is 2.60 bits per heavy atom. The Hall–Kier alpha value is -0.660. The van der Waals surface area contributed by atoms with Crippen molar-refractivity contribution in [2.75, 3.05) is 0 Å². The van der Waals surface area contributed by atoms with Gasteiger partial charge >= 0.3 is 0 Å². The highest BCUT2D eigenvalue weighted by molar-refractivity contribution is 14.1. The van der Waals surface area contributed by atoms with Crippen LogP contribution in [0, 0.1) is 0 Å². The molecule has 1 rings (SSSR count). The van der Waals surface area contributed by atoms with Gasteiger partial charge in [0, 0.05) is 5.92 Å². The SMILES string of the molecule is CC(I)NC(=O)Cc1nnc(C(C)C)o1. The topological polar surface area (TPSA) is 68.0 Å². The predicted octanol–water partition coefficient (Wildman–Crippen LogP) is 1.63. The Kier molecular flexibility index (Phi) is 4.49. The summed E-state index contributed by atoms with van der Waals surface area (Å²) in [5.41, 5.74) is 0. The molecule has 84 valence electrons. The first-order chi connectivity index (χ1) is 6.99. The van der Waals surface area contributed by atoms with E-state index in [-0.39, 0.29) is 22.3 Å². The van der Waals surface area contributed by atoms with E-state index >= 15 is 0 Å². The van der Waals surface area contributed by atoms with Gasteiger partial charge in [-0.15, -0.1) is 10.2 Å². The summed E-state index contributed by atoms with van der Waals surface area (Å²) in [5, 5.41) is 10.4. The number of carbonyl (C=O) groups is 1. The van der Waals surface area contributed by atoms with Crippen LogP contribution in [-0.2, 0) is 11.2 Å². The van der Waals surface area contributed by atoms with Crippen LogP contribution in [0.25, 0.3) is 0 Å². The summed E-state index contributed by atoms with van der Waals surface area (Å²) >= 11 is 2.12. The number of hydrogen-bond donors (Lipinski definition) is 1. The molecule has 1 heterocycles. The zero-order valence-electron chi connectivity index (χ0n) is 8.95. The van der Waals surface area contributed by atoms with E-state index in [0.717, 1.165) is 0 Å². The van der Waals surface area contributed by atoms with Crippen molar-refractivity contribution in [1.82, 2.24) is 15.5 Å². The second-order valence-corrected chi connectivity index (χ2v) is 5.42. The lowest BCUT2D eigenvalue weighted by Gasteiger charge is -2.04. The molecule has 1 atom stereocenters. The summed E-state index contributed by atoms with van der Waals surface area (Å²) in [6.45, 7) is 5.82. The summed E-state index contributed by atoms with van der Waals surface area (Å²) in [5.74, 6) is 1.03. The molecular weight excluding hydrogens is 309 g/mol. The number of carbonyl (C=O) groups excluding carboxylic acids is 1. The highest BCUT2D eigenvalue weighted by atomic mass is 127. The lowest BCUT2D eigenvalue weighted by atomic mass is 10.2. The number of amides is 1. The number of hydrogen-bond acceptors (Lipinski definition) is 4. The molecule has 0 saturated carbocycles. The van der Waals surface area contributed by atoms with Gasteiger partial charge in [0.2, 0.25) is 17.7 Å². The molecule has 6 heteroatoms. The lowest BCUT2D eigenvalue weighted by Crippen LogP contribution is -2.29. The van der Waals surface area contributed by atoms with Crippen molar-refractivity contribution in [3.63, 3.8) is 0 Å². The minimum absolute atomic E-state index is 0.0996. The summed E-state index contributed by atoms with van der Waals surface area (Å²) in [4.78, 5) is 11.4. The zero-order chi connectivity index (χ0) is 11.4. The standard InChI is InChI=1S/C9H14IN3O2/c1-5(2)9-13-12-8(15-9)4-7(14)11-6(3)10/h5-6H,4H2,1-3H3,(H,11,14). The third kappa shape index (κ3) is 4.15. The third-order valence-electron chi connectivity index (χ3n) is 1.65. The largest absolute Gasteiger partial charge is 0.424 e. The first kappa shape index (κ1) is 12.4. The van der Waals surface area contributed by atoms with Crippen LogP contribution in [0.5, 0.6) is 0 Å². The van der Waals surface area contributed by atoms with Crippen molar-refractivity contribution >= 4 is 28.5 Å². The number of rotatable bonds is 4. The summed E-state index contributed by atoms with van der Waals surface area (Å²) < 4.78 is 5.41. The molecule has 1 N–H and O–H groups in total. The Morgan fingerprint density at radius 1 is 1.47 bits per heavy atom. The van der Waals surface area contributed by atoms with Crippen molar-refractivity contribution in [1.29, 1.82) is 0 Å². The summed E-state index contributed by atoms with van der Waals surface area (Å²) in [7, 11) is 0. The summed E-state index contributed by atoms with van der Waals surface area (Å²) in [6.07, 6.45) is 0.146. The van der Waals surface area contributed by atoms with Crippen molar-refractivity contribution in [3.8, 4) is 0 Å². The number of aromatic nitrogens is 2. The van der Waals surface area contributed by atoms with Crippen molar-refractivity contribution in [2.24, 2.45) is 0 Å². The molecule has 1 aromatic heterocycles. The van der Waals surface area contributed by atoms with Crippen LogP contribution in [0.2, 0.25) is 0 Å². The second-order valence-electron chi connectivity index (χ2n) is 3.55. The highest BCUT2D eigenvalue weighted by Gasteiger charge is 2.13. The van der Waals surface area contributed by atoms with Crippen LogP contribution >= 0.6 is 22.6 Å². The van der Waals surface area contributed by atoms with Crippen LogP contribution in [-0.4, -0.2) is 20.2 Å². The molecule has 0 bridgehead atoms. The van der Waals surface area contributed by atoms with Crippen molar-refractivity contribution in [3.05, 3.63) is 11.8 Å². The van der Waals surface area contributed by atoms with Crippen LogP contribution in [0.3, 0.4) is 0 Å². The molecule has 15 heavy (non-hydrogen) atoms. The monoisotopic (exact) mass is 323 g/mol. The normalized spacial score (nSPS) is 12.9. The molecule has 5 nitrogen and oxygen atoms in total. The molecule has 0 aromatic carbocycles. The second kappa shape index (κ2) is 5.43. The molecule has 0 fully saturated rings. The van der Waals surface area contributed by atoms with Gasteiger partial charge in [-0.25, -0.2) is 0 Å². The lowest BCUT2D eigenvalue weighted by molar-refractivity contribution is -0.120. The molecule has 1 unspecified atom stereocenters. The summed E-state index contributed by atoms with van der Waals surface area (Å²) in [6, 6.07) is 0. The third-order valence-corrected chi connectivity index (χ3v) is 1.96. The van der Waals surface area contributed by atoms with Gasteiger partial charge in [0.1, 0.15) is 6.42 Å². The van der Waals surface area contributed by atoms with E-state index in [9.17, 15) is 4.79 Å². The van der Waals surface area contributed by atoms with E-state index in [1.54, 1.807) is 0 Å². The van der Waals surface area contributed by atoms with Crippen molar-refractivity contribution < 1.29 is 9.21 Å². The minimum atomic E-state index is -0.101. The van der Waals surface area contributed by atoms with Gasteiger partial charge in [-0.05, 0) is 6.92 Å². The maximum Gasteiger partial charge on any atom is 0.230 e. The molecule has 1 aromatic rings. The van der Waals surface area contributed by atoms with Gasteiger partial charge in [0.05, 0.1) is 4.05 Å². The molecule has 0 radical (unpaired) electrons. The number of nitrogens with zero attached hydrogens (tertiary/aromatic N) is 2. The Labute approximate surface area is 102 Å². The van der Waals surface area contributed by atoms with Crippen LogP contribution < -0.4 is 5.32 Å². The smallest absolute Gasteiger partial charge is 0.230 e. The van der Waals surface area contributed by atoms with E-state index in [1.807, 2.05) is 20.8 Å². The fraction of sp³-hybridized carbons (Fsp3) is 0.667. The quantitative estimate of drug-likeness (QED) is 0.520. The van der Waals surface area contributed by atoms with Gasteiger partial charge in [0.25, 0.3) is 0 Å². The Morgan fingerprint density at radius 2 is 2.13 bits per heavy atom. The van der Waals surface area contributed by atoms with Gasteiger partial charge < -0.3 is 9.73 Å². The molecule has 0 spiro atoms. The van der Waals surface area contributed by atoms with Gasteiger partial charge in [-0.3, -0.25) is 4.79 Å². The van der Waals surface area contributed by atoms with Gasteiger partial charge in [-0.1, -0.05) is 36.4 Å². The van der Waals surface area contributed by atoms with E-state index in [1.165, 1.54) is 0 Å². The van der Waals surface area contributed by atoms with E-state index < -0.39 is 0 Å². The maximum atomic E-state index is 11.4. The molecular formula is C9H14IN3O2. The zero-order valence-corrected chi connectivity index (χ0v) is 11.1. The molecule has 0 aliphatic heterocycles. The fourth-order valence-electron chi connectivity index (χ4n) is 0.982. The van der Waals surface area contributed by atoms with E-state index in [2.05, 4.69) is 38.1 Å². The van der Waals surface area contributed by atoms with Gasteiger partial charge in [-0.2, -0.15) is 0 Å². The molecule has 0 aliphatic rings. The number of halogens is 1. The predicted molar refractivity (Wildman–Crippen MR) is 63.7 cm³/mol. The van der Waals surface area contributed by atoms with E-state index in [0.29, 0.717) is 11.8 Å². The van der Waals surface area contributed by atoms with Crippen LogP contribution in [0.4, 0.5) is 0 Å². The van der Waals surface area contributed by atoms with Gasteiger partial charge in [0.15, 0.2) is 0 Å².